The van der Waals surface area contributed by atoms with Crippen molar-refractivity contribution in [1.82, 2.24) is 0 Å². The summed E-state index contributed by atoms with van der Waals surface area (Å²) >= 11 is 3.75. The number of aryl methyl sites for hydroxylation is 1. The van der Waals surface area contributed by atoms with E-state index in [1.807, 2.05) is 23.5 Å². The summed E-state index contributed by atoms with van der Waals surface area (Å²) in [6.45, 7) is 2.20. The molecule has 0 fully saturated rings. The first-order valence-corrected chi connectivity index (χ1v) is 14.9. The van der Waals surface area contributed by atoms with Crippen LogP contribution < -0.4 is 0 Å². The van der Waals surface area contributed by atoms with Gasteiger partial charge in [0.25, 0.3) is 0 Å². The van der Waals surface area contributed by atoms with Crippen LogP contribution in [-0.4, -0.2) is 0 Å². The molecule has 1 aliphatic heterocycles. The zero-order valence-corrected chi connectivity index (χ0v) is 23.1. The fourth-order valence-corrected chi connectivity index (χ4v) is 8.17. The summed E-state index contributed by atoms with van der Waals surface area (Å²) in [7, 11) is 0. The van der Waals surface area contributed by atoms with Gasteiger partial charge in [-0.25, -0.2) is 0 Å². The molecule has 0 radical (unpaired) electrons. The van der Waals surface area contributed by atoms with E-state index in [0.29, 0.717) is 0 Å². The fraction of sp³-hybridized carbons (Fsp3) is 0.0270. The summed E-state index contributed by atoms with van der Waals surface area (Å²) in [6.07, 6.45) is 0. The van der Waals surface area contributed by atoms with Gasteiger partial charge in [-0.2, -0.15) is 0 Å². The molecule has 2 heteroatoms. The summed E-state index contributed by atoms with van der Waals surface area (Å²) in [4.78, 5) is 5.36. The standard InChI is InChI=1S/C37H24S2/c1-23-18-26(20-27(19-23)25-15-17-36-37(22-25)39-35-13-7-6-12-34(35)38-36)24-14-16-32-30-10-3-2-8-28(30)29-9-4-5-11-31(29)33(32)21-24/h2-22H,1H3. The molecule has 39 heavy (non-hydrogen) atoms. The monoisotopic (exact) mass is 532 g/mol. The summed E-state index contributed by atoms with van der Waals surface area (Å²) < 4.78 is 0. The Hall–Kier alpha value is -3.98. The Morgan fingerprint density at radius 1 is 0.333 bits per heavy atom. The van der Waals surface area contributed by atoms with Gasteiger partial charge in [-0.05, 0) is 103 Å². The molecule has 0 saturated carbocycles. The Bertz CT molecular complexity index is 2050. The number of rotatable bonds is 2. The molecular weight excluding hydrogens is 509 g/mol. The lowest BCUT2D eigenvalue weighted by Gasteiger charge is -2.19. The summed E-state index contributed by atoms with van der Waals surface area (Å²) in [5.74, 6) is 0. The predicted molar refractivity (Wildman–Crippen MR) is 169 cm³/mol. The van der Waals surface area contributed by atoms with Gasteiger partial charge in [0.15, 0.2) is 0 Å². The molecule has 0 unspecified atom stereocenters. The van der Waals surface area contributed by atoms with Crippen LogP contribution >= 0.6 is 23.5 Å². The lowest BCUT2D eigenvalue weighted by molar-refractivity contribution is 1.16. The van der Waals surface area contributed by atoms with Crippen molar-refractivity contribution in [2.75, 3.05) is 0 Å². The maximum atomic E-state index is 2.39. The first-order valence-electron chi connectivity index (χ1n) is 13.3. The third-order valence-electron chi connectivity index (χ3n) is 7.72. The van der Waals surface area contributed by atoms with Crippen molar-refractivity contribution in [2.45, 2.75) is 26.5 Å². The van der Waals surface area contributed by atoms with E-state index in [2.05, 4.69) is 134 Å². The third-order valence-corrected chi connectivity index (χ3v) is 10.3. The Morgan fingerprint density at radius 3 is 1.44 bits per heavy atom. The van der Waals surface area contributed by atoms with Crippen molar-refractivity contribution < 1.29 is 0 Å². The molecule has 0 spiro atoms. The molecule has 184 valence electrons. The van der Waals surface area contributed by atoms with Crippen molar-refractivity contribution in [3.8, 4) is 22.3 Å². The van der Waals surface area contributed by atoms with Crippen LogP contribution in [0.15, 0.2) is 147 Å². The normalized spacial score (nSPS) is 12.5. The molecule has 1 heterocycles. The number of fused-ring (bicyclic) bond motifs is 8. The summed E-state index contributed by atoms with van der Waals surface area (Å²) in [5.41, 5.74) is 6.32. The van der Waals surface area contributed by atoms with Gasteiger partial charge in [-0.15, -0.1) is 0 Å². The Labute approximate surface area is 236 Å². The fourth-order valence-electron chi connectivity index (χ4n) is 5.91. The van der Waals surface area contributed by atoms with Crippen LogP contribution in [0.3, 0.4) is 0 Å². The smallest absolute Gasteiger partial charge is 0.0268 e. The molecule has 0 saturated heterocycles. The molecule has 0 aliphatic carbocycles. The summed E-state index contributed by atoms with van der Waals surface area (Å²) in [6, 6.07) is 47.2. The van der Waals surface area contributed by atoms with E-state index in [1.54, 1.807) is 0 Å². The van der Waals surface area contributed by atoms with Gasteiger partial charge in [0.1, 0.15) is 0 Å². The van der Waals surface area contributed by atoms with Gasteiger partial charge in [0.05, 0.1) is 0 Å². The maximum absolute atomic E-state index is 2.39. The van der Waals surface area contributed by atoms with E-state index in [9.17, 15) is 0 Å². The topological polar surface area (TPSA) is 0 Å². The molecule has 0 atom stereocenters. The quantitative estimate of drug-likeness (QED) is 0.203. The molecular formula is C37H24S2. The average molecular weight is 533 g/mol. The molecule has 1 aliphatic rings. The number of hydrogen-bond acceptors (Lipinski definition) is 2. The molecule has 0 bridgehead atoms. The van der Waals surface area contributed by atoms with Crippen LogP contribution in [0.1, 0.15) is 5.56 Å². The Kier molecular flexibility index (Phi) is 5.33. The lowest BCUT2D eigenvalue weighted by Crippen LogP contribution is -1.91. The Morgan fingerprint density at radius 2 is 0.795 bits per heavy atom. The highest BCUT2D eigenvalue weighted by atomic mass is 32.2. The number of hydrogen-bond donors (Lipinski definition) is 0. The average Bonchev–Trinajstić information content (AvgIpc) is 2.99. The van der Waals surface area contributed by atoms with Crippen LogP contribution in [0.25, 0.3) is 54.6 Å². The van der Waals surface area contributed by atoms with Gasteiger partial charge in [-0.3, -0.25) is 0 Å². The minimum atomic E-state index is 1.25. The van der Waals surface area contributed by atoms with E-state index in [-0.39, 0.29) is 0 Å². The molecule has 0 nitrogen and oxygen atoms in total. The third kappa shape index (κ3) is 3.86. The highest BCUT2D eigenvalue weighted by Crippen LogP contribution is 2.49. The minimum Gasteiger partial charge on any atom is -0.0877 e. The van der Waals surface area contributed by atoms with E-state index in [4.69, 9.17) is 0 Å². The van der Waals surface area contributed by atoms with Crippen LogP contribution in [0.2, 0.25) is 0 Å². The van der Waals surface area contributed by atoms with Crippen molar-refractivity contribution in [3.63, 3.8) is 0 Å². The van der Waals surface area contributed by atoms with Crippen LogP contribution in [0.4, 0.5) is 0 Å². The van der Waals surface area contributed by atoms with E-state index in [1.165, 1.54) is 79.7 Å². The van der Waals surface area contributed by atoms with Crippen molar-refractivity contribution >= 4 is 55.8 Å². The van der Waals surface area contributed by atoms with Gasteiger partial charge in [-0.1, -0.05) is 115 Å². The lowest BCUT2D eigenvalue weighted by atomic mass is 9.91. The molecule has 0 N–H and O–H groups in total. The van der Waals surface area contributed by atoms with Crippen molar-refractivity contribution in [1.29, 1.82) is 0 Å². The largest absolute Gasteiger partial charge is 0.0877 e. The van der Waals surface area contributed by atoms with E-state index >= 15 is 0 Å². The number of benzene rings is 7. The zero-order chi connectivity index (χ0) is 25.9. The summed E-state index contributed by atoms with van der Waals surface area (Å²) in [5, 5.41) is 7.88. The van der Waals surface area contributed by atoms with Crippen molar-refractivity contribution in [3.05, 3.63) is 133 Å². The SMILES string of the molecule is Cc1cc(-c2ccc3c(c2)Sc2ccccc2S3)cc(-c2ccc3c4ccccc4c4ccccc4c3c2)c1. The molecule has 0 amide bonds. The maximum Gasteiger partial charge on any atom is 0.0268 e. The van der Waals surface area contributed by atoms with Crippen LogP contribution in [-0.2, 0) is 0 Å². The predicted octanol–water partition coefficient (Wildman–Crippen LogP) is 11.4. The molecule has 7 aromatic rings. The second kappa shape index (κ2) is 9.05. The van der Waals surface area contributed by atoms with Gasteiger partial charge in [0, 0.05) is 19.6 Å². The first-order chi connectivity index (χ1) is 19.2. The van der Waals surface area contributed by atoms with Crippen molar-refractivity contribution in [2.24, 2.45) is 0 Å². The Balaban J connectivity index is 1.26. The van der Waals surface area contributed by atoms with Gasteiger partial charge in [0.2, 0.25) is 0 Å². The first kappa shape index (κ1) is 23.0. The highest BCUT2D eigenvalue weighted by molar-refractivity contribution is 8.05. The van der Waals surface area contributed by atoms with Gasteiger partial charge < -0.3 is 0 Å². The van der Waals surface area contributed by atoms with Gasteiger partial charge >= 0.3 is 0 Å². The molecule has 7 aromatic carbocycles. The second-order valence-electron chi connectivity index (χ2n) is 10.3. The minimum absolute atomic E-state index is 1.25. The highest BCUT2D eigenvalue weighted by Gasteiger charge is 2.17. The second-order valence-corrected chi connectivity index (χ2v) is 12.4. The molecule has 8 rings (SSSR count). The molecule has 0 aromatic heterocycles. The van der Waals surface area contributed by atoms with E-state index < -0.39 is 0 Å². The van der Waals surface area contributed by atoms with E-state index in [0.717, 1.165) is 0 Å². The van der Waals surface area contributed by atoms with Crippen LogP contribution in [0.5, 0.6) is 0 Å². The van der Waals surface area contributed by atoms with Crippen LogP contribution in [0, 0.1) is 6.92 Å². The zero-order valence-electron chi connectivity index (χ0n) is 21.4.